The van der Waals surface area contributed by atoms with E-state index < -0.39 is 11.7 Å². The molecular formula is C15H15FN2O3. The first-order valence-electron chi connectivity index (χ1n) is 6.41. The second-order valence-corrected chi connectivity index (χ2v) is 4.39. The van der Waals surface area contributed by atoms with Gasteiger partial charge in [-0.05, 0) is 25.1 Å². The van der Waals surface area contributed by atoms with Crippen LogP contribution in [0.25, 0.3) is 0 Å². The number of amides is 1. The van der Waals surface area contributed by atoms with Crippen LogP contribution < -0.4 is 15.6 Å². The lowest BCUT2D eigenvalue weighted by Crippen LogP contribution is -2.20. The maximum absolute atomic E-state index is 13.2. The molecule has 21 heavy (non-hydrogen) atoms. The molecular weight excluding hydrogens is 275 g/mol. The molecule has 6 heteroatoms. The summed E-state index contributed by atoms with van der Waals surface area (Å²) in [5.41, 5.74) is 0.292. The summed E-state index contributed by atoms with van der Waals surface area (Å²) in [6.07, 6.45) is 1.51. The molecule has 0 bridgehead atoms. The fourth-order valence-electron chi connectivity index (χ4n) is 1.76. The molecule has 2 aromatic rings. The van der Waals surface area contributed by atoms with E-state index in [-0.39, 0.29) is 16.9 Å². The molecule has 5 nitrogen and oxygen atoms in total. The van der Waals surface area contributed by atoms with Crippen molar-refractivity contribution in [3.63, 3.8) is 0 Å². The predicted molar refractivity (Wildman–Crippen MR) is 77.2 cm³/mol. The molecule has 0 unspecified atom stereocenters. The zero-order valence-corrected chi connectivity index (χ0v) is 11.7. The van der Waals surface area contributed by atoms with Crippen molar-refractivity contribution in [3.8, 4) is 5.75 Å². The number of nitrogens with zero attached hydrogens (tertiary/aromatic N) is 1. The summed E-state index contributed by atoms with van der Waals surface area (Å²) in [5, 5.41) is 2.61. The van der Waals surface area contributed by atoms with Gasteiger partial charge in [-0.3, -0.25) is 9.59 Å². The smallest absolute Gasteiger partial charge is 0.256 e. The monoisotopic (exact) mass is 290 g/mol. The van der Waals surface area contributed by atoms with Gasteiger partial charge in [-0.25, -0.2) is 4.39 Å². The van der Waals surface area contributed by atoms with Crippen molar-refractivity contribution in [2.45, 2.75) is 6.92 Å². The number of halogens is 1. The molecule has 0 aliphatic heterocycles. The van der Waals surface area contributed by atoms with Gasteiger partial charge in [0.05, 0.1) is 12.3 Å². The second kappa shape index (κ2) is 6.21. The number of carbonyl (C=O) groups excluding carboxylic acids is 1. The van der Waals surface area contributed by atoms with Gasteiger partial charge in [-0.15, -0.1) is 0 Å². The molecule has 1 N–H and O–H groups in total. The summed E-state index contributed by atoms with van der Waals surface area (Å²) < 4.78 is 19.8. The quantitative estimate of drug-likeness (QED) is 0.938. The first-order chi connectivity index (χ1) is 10.0. The van der Waals surface area contributed by atoms with E-state index in [0.717, 1.165) is 0 Å². The number of benzene rings is 1. The average molecular weight is 290 g/mol. The molecule has 1 heterocycles. The molecule has 1 amide bonds. The third kappa shape index (κ3) is 3.47. The topological polar surface area (TPSA) is 60.3 Å². The van der Waals surface area contributed by atoms with Crippen LogP contribution in [-0.2, 0) is 7.05 Å². The number of aryl methyl sites for hydroxylation is 1. The normalized spacial score (nSPS) is 10.2. The Morgan fingerprint density at radius 1 is 1.33 bits per heavy atom. The molecule has 1 aromatic heterocycles. The number of hydrogen-bond acceptors (Lipinski definition) is 3. The van der Waals surface area contributed by atoms with Gasteiger partial charge in [-0.1, -0.05) is 0 Å². The molecule has 0 saturated heterocycles. The maximum Gasteiger partial charge on any atom is 0.256 e. The summed E-state index contributed by atoms with van der Waals surface area (Å²) >= 11 is 0. The van der Waals surface area contributed by atoms with Gasteiger partial charge in [0, 0.05) is 30.9 Å². The zero-order chi connectivity index (χ0) is 15.4. The Bertz CT molecular complexity index is 725. The number of carbonyl (C=O) groups is 1. The number of aromatic nitrogens is 1. The highest BCUT2D eigenvalue weighted by molar-refractivity contribution is 6.04. The van der Waals surface area contributed by atoms with E-state index in [0.29, 0.717) is 12.3 Å². The molecule has 0 atom stereocenters. The third-order valence-corrected chi connectivity index (χ3v) is 2.86. The number of rotatable bonds is 4. The average Bonchev–Trinajstić information content (AvgIpc) is 2.45. The van der Waals surface area contributed by atoms with E-state index in [1.165, 1.54) is 41.1 Å². The predicted octanol–water partition coefficient (Wildman–Crippen LogP) is 2.18. The van der Waals surface area contributed by atoms with E-state index in [9.17, 15) is 14.0 Å². The van der Waals surface area contributed by atoms with Crippen LogP contribution in [0.15, 0.2) is 41.3 Å². The largest absolute Gasteiger partial charge is 0.492 e. The van der Waals surface area contributed by atoms with Crippen LogP contribution in [0.4, 0.5) is 10.1 Å². The van der Waals surface area contributed by atoms with Crippen LogP contribution in [0.1, 0.15) is 17.3 Å². The minimum atomic E-state index is -0.458. The molecule has 0 saturated carbocycles. The SMILES string of the molecule is CCOc1cc(F)ccc1NC(=O)c1ccn(C)c(=O)c1. The van der Waals surface area contributed by atoms with Gasteiger partial charge in [0.1, 0.15) is 11.6 Å². The van der Waals surface area contributed by atoms with E-state index in [4.69, 9.17) is 4.74 Å². The molecule has 0 fully saturated rings. The summed E-state index contributed by atoms with van der Waals surface area (Å²) in [6.45, 7) is 2.11. The number of hydrogen-bond donors (Lipinski definition) is 1. The summed E-state index contributed by atoms with van der Waals surface area (Å²) in [7, 11) is 1.59. The molecule has 0 spiro atoms. The summed E-state index contributed by atoms with van der Waals surface area (Å²) in [6, 6.07) is 6.60. The number of pyridine rings is 1. The number of anilines is 1. The Kier molecular flexibility index (Phi) is 4.37. The van der Waals surface area contributed by atoms with Gasteiger partial charge in [-0.2, -0.15) is 0 Å². The fourth-order valence-corrected chi connectivity index (χ4v) is 1.76. The van der Waals surface area contributed by atoms with E-state index in [1.807, 2.05) is 0 Å². The Hall–Kier alpha value is -2.63. The van der Waals surface area contributed by atoms with Crippen LogP contribution in [0.2, 0.25) is 0 Å². The van der Waals surface area contributed by atoms with Gasteiger partial charge in [0.25, 0.3) is 11.5 Å². The van der Waals surface area contributed by atoms with Crippen molar-refractivity contribution in [3.05, 3.63) is 58.3 Å². The summed E-state index contributed by atoms with van der Waals surface area (Å²) in [4.78, 5) is 23.6. The lowest BCUT2D eigenvalue weighted by molar-refractivity contribution is 0.102. The zero-order valence-electron chi connectivity index (χ0n) is 11.7. The van der Waals surface area contributed by atoms with Crippen LogP contribution in [0, 0.1) is 5.82 Å². The van der Waals surface area contributed by atoms with Crippen molar-refractivity contribution >= 4 is 11.6 Å². The van der Waals surface area contributed by atoms with Crippen LogP contribution in [-0.4, -0.2) is 17.1 Å². The number of ether oxygens (including phenoxy) is 1. The van der Waals surface area contributed by atoms with Crippen molar-refractivity contribution in [2.24, 2.45) is 7.05 Å². The molecule has 0 aliphatic carbocycles. The highest BCUT2D eigenvalue weighted by Gasteiger charge is 2.11. The minimum Gasteiger partial charge on any atom is -0.492 e. The Morgan fingerprint density at radius 3 is 2.76 bits per heavy atom. The first kappa shape index (κ1) is 14.8. The Morgan fingerprint density at radius 2 is 2.10 bits per heavy atom. The van der Waals surface area contributed by atoms with Crippen molar-refractivity contribution in [2.75, 3.05) is 11.9 Å². The molecule has 0 radical (unpaired) electrons. The van der Waals surface area contributed by atoms with Gasteiger partial charge >= 0.3 is 0 Å². The first-order valence-corrected chi connectivity index (χ1v) is 6.41. The van der Waals surface area contributed by atoms with E-state index >= 15 is 0 Å². The standard InChI is InChI=1S/C15H15FN2O3/c1-3-21-13-9-11(16)4-5-12(13)17-15(20)10-6-7-18(2)14(19)8-10/h4-9H,3H2,1-2H3,(H,17,20). The molecule has 110 valence electrons. The lowest BCUT2D eigenvalue weighted by Gasteiger charge is -2.11. The van der Waals surface area contributed by atoms with Gasteiger partial charge < -0.3 is 14.6 Å². The number of nitrogens with one attached hydrogen (secondary N) is 1. The van der Waals surface area contributed by atoms with Gasteiger partial charge in [0.15, 0.2) is 0 Å². The van der Waals surface area contributed by atoms with Crippen molar-refractivity contribution in [1.29, 1.82) is 0 Å². The van der Waals surface area contributed by atoms with Crippen molar-refractivity contribution in [1.82, 2.24) is 4.57 Å². The van der Waals surface area contributed by atoms with Crippen molar-refractivity contribution < 1.29 is 13.9 Å². The molecule has 2 rings (SSSR count). The lowest BCUT2D eigenvalue weighted by atomic mass is 10.2. The molecule has 1 aromatic carbocycles. The minimum absolute atomic E-state index is 0.227. The van der Waals surface area contributed by atoms with Crippen LogP contribution in [0.5, 0.6) is 5.75 Å². The van der Waals surface area contributed by atoms with E-state index in [2.05, 4.69) is 5.32 Å². The highest BCUT2D eigenvalue weighted by atomic mass is 19.1. The van der Waals surface area contributed by atoms with Crippen LogP contribution in [0.3, 0.4) is 0 Å². The third-order valence-electron chi connectivity index (χ3n) is 2.86. The highest BCUT2D eigenvalue weighted by Crippen LogP contribution is 2.25. The van der Waals surface area contributed by atoms with Gasteiger partial charge in [0.2, 0.25) is 0 Å². The Balaban J connectivity index is 2.26. The van der Waals surface area contributed by atoms with Crippen LogP contribution >= 0.6 is 0 Å². The second-order valence-electron chi connectivity index (χ2n) is 4.39. The Labute approximate surface area is 121 Å². The molecule has 0 aliphatic rings. The summed E-state index contributed by atoms with van der Waals surface area (Å²) in [5.74, 6) is -0.667. The maximum atomic E-state index is 13.2. The van der Waals surface area contributed by atoms with E-state index in [1.54, 1.807) is 14.0 Å². The fraction of sp³-hybridized carbons (Fsp3) is 0.200.